The fraction of sp³-hybridized carbons (Fsp3) is 0.321. The number of carbonyl (C=O) groups is 1. The number of para-hydroxylation sites is 1. The maximum atomic E-state index is 12.8. The number of likely N-dealkylation sites (tertiary alicyclic amines) is 1. The highest BCUT2D eigenvalue weighted by atomic mass is 79.9. The molecule has 0 spiro atoms. The minimum atomic E-state index is -0.527. The molecule has 1 aliphatic heterocycles. The van der Waals surface area contributed by atoms with Gasteiger partial charge in [-0.05, 0) is 85.9 Å². The Morgan fingerprint density at radius 3 is 2.47 bits per heavy atom. The van der Waals surface area contributed by atoms with Crippen LogP contribution in [-0.4, -0.2) is 44.4 Å². The maximum absolute atomic E-state index is 12.8. The van der Waals surface area contributed by atoms with Gasteiger partial charge in [0.25, 0.3) is 0 Å². The lowest BCUT2D eigenvalue weighted by Gasteiger charge is -2.34. The molecule has 0 N–H and O–H groups in total. The van der Waals surface area contributed by atoms with Gasteiger partial charge in [0.05, 0.1) is 16.0 Å². The van der Waals surface area contributed by atoms with Gasteiger partial charge in [0, 0.05) is 36.4 Å². The van der Waals surface area contributed by atoms with E-state index >= 15 is 0 Å². The summed E-state index contributed by atoms with van der Waals surface area (Å²) in [6.45, 7) is 6.90. The number of ether oxygens (including phenoxy) is 2. The average Bonchev–Trinajstić information content (AvgIpc) is 3.25. The summed E-state index contributed by atoms with van der Waals surface area (Å²) in [7, 11) is 0. The first-order valence-corrected chi connectivity index (χ1v) is 12.9. The number of amides is 1. The van der Waals surface area contributed by atoms with E-state index in [-0.39, 0.29) is 12.1 Å². The van der Waals surface area contributed by atoms with E-state index in [0.717, 1.165) is 51.0 Å². The maximum Gasteiger partial charge on any atom is 0.410 e. The quantitative estimate of drug-likeness (QED) is 0.269. The molecule has 7 nitrogen and oxygen atoms in total. The lowest BCUT2D eigenvalue weighted by molar-refractivity contribution is 0.0169. The number of hydrogen-bond acceptors (Lipinski definition) is 5. The van der Waals surface area contributed by atoms with Crippen molar-refractivity contribution in [3.8, 4) is 22.8 Å². The zero-order chi connectivity index (χ0) is 25.3. The molecule has 1 saturated heterocycles. The van der Waals surface area contributed by atoms with E-state index in [1.165, 1.54) is 0 Å². The van der Waals surface area contributed by atoms with E-state index in [9.17, 15) is 4.79 Å². The third-order valence-corrected chi connectivity index (χ3v) is 6.65. The van der Waals surface area contributed by atoms with Crippen LogP contribution in [0.4, 0.5) is 4.79 Å². The van der Waals surface area contributed by atoms with E-state index in [0.29, 0.717) is 13.1 Å². The van der Waals surface area contributed by atoms with E-state index in [1.54, 1.807) is 11.1 Å². The molecule has 8 heteroatoms. The minimum Gasteiger partial charge on any atom is -0.457 e. The molecule has 1 amide bonds. The SMILES string of the molecule is CC(C)(C)OC(=O)N1CCC[C@@H](n2nc(-c3ccc(Oc4ccccc4)cc3)c3cncc(Br)c32)C1. The molecule has 5 rings (SSSR count). The molecular weight excluding hydrogens is 520 g/mol. The zero-order valence-electron chi connectivity index (χ0n) is 20.6. The summed E-state index contributed by atoms with van der Waals surface area (Å²) in [5.41, 5.74) is 2.26. The number of halogens is 1. The van der Waals surface area contributed by atoms with Crippen molar-refractivity contribution in [1.29, 1.82) is 0 Å². The monoisotopic (exact) mass is 548 g/mol. The molecule has 0 saturated carbocycles. The second-order valence-corrected chi connectivity index (χ2v) is 10.8. The van der Waals surface area contributed by atoms with Crippen molar-refractivity contribution < 1.29 is 14.3 Å². The van der Waals surface area contributed by atoms with Crippen LogP contribution in [-0.2, 0) is 4.74 Å². The van der Waals surface area contributed by atoms with E-state index in [1.807, 2.05) is 86.2 Å². The van der Waals surface area contributed by atoms with Gasteiger partial charge in [-0.25, -0.2) is 4.79 Å². The highest BCUT2D eigenvalue weighted by Crippen LogP contribution is 2.36. The number of rotatable bonds is 4. The van der Waals surface area contributed by atoms with Crippen molar-refractivity contribution in [3.05, 3.63) is 71.5 Å². The van der Waals surface area contributed by atoms with Gasteiger partial charge in [-0.3, -0.25) is 9.67 Å². The molecule has 3 heterocycles. The van der Waals surface area contributed by atoms with Crippen LogP contribution in [0.25, 0.3) is 22.2 Å². The van der Waals surface area contributed by atoms with Crippen molar-refractivity contribution in [2.24, 2.45) is 0 Å². The third-order valence-electron chi connectivity index (χ3n) is 6.07. The van der Waals surface area contributed by atoms with Crippen molar-refractivity contribution in [2.45, 2.75) is 45.3 Å². The van der Waals surface area contributed by atoms with Crippen LogP contribution in [0.1, 0.15) is 39.7 Å². The van der Waals surface area contributed by atoms with E-state index < -0.39 is 5.60 Å². The smallest absolute Gasteiger partial charge is 0.410 e. The van der Waals surface area contributed by atoms with Crippen LogP contribution in [0.2, 0.25) is 0 Å². The van der Waals surface area contributed by atoms with Gasteiger partial charge in [0.2, 0.25) is 0 Å². The van der Waals surface area contributed by atoms with Crippen LogP contribution in [0.5, 0.6) is 11.5 Å². The molecule has 2 aromatic heterocycles. The first-order valence-electron chi connectivity index (χ1n) is 12.1. The number of pyridine rings is 1. The molecule has 0 unspecified atom stereocenters. The Labute approximate surface area is 219 Å². The first kappa shape index (κ1) is 24.3. The van der Waals surface area contributed by atoms with Crippen LogP contribution in [0, 0.1) is 0 Å². The molecule has 2 aromatic carbocycles. The average molecular weight is 549 g/mol. The number of nitrogens with zero attached hydrogens (tertiary/aromatic N) is 4. The molecule has 0 radical (unpaired) electrons. The molecule has 0 aliphatic carbocycles. The molecule has 1 atom stereocenters. The minimum absolute atomic E-state index is 0.0295. The predicted octanol–water partition coefficient (Wildman–Crippen LogP) is 7.23. The summed E-state index contributed by atoms with van der Waals surface area (Å²) >= 11 is 3.68. The van der Waals surface area contributed by atoms with Gasteiger partial charge < -0.3 is 14.4 Å². The molecule has 186 valence electrons. The summed E-state index contributed by atoms with van der Waals surface area (Å²) in [4.78, 5) is 18.9. The Balaban J connectivity index is 1.45. The van der Waals surface area contributed by atoms with Gasteiger partial charge in [-0.2, -0.15) is 5.10 Å². The highest BCUT2D eigenvalue weighted by Gasteiger charge is 2.30. The summed E-state index contributed by atoms with van der Waals surface area (Å²) in [5.74, 6) is 1.55. The normalized spacial score (nSPS) is 16.2. The predicted molar refractivity (Wildman–Crippen MR) is 143 cm³/mol. The Morgan fingerprint density at radius 2 is 1.75 bits per heavy atom. The van der Waals surface area contributed by atoms with Crippen molar-refractivity contribution >= 4 is 32.9 Å². The van der Waals surface area contributed by atoms with Crippen molar-refractivity contribution in [3.63, 3.8) is 0 Å². The molecule has 1 fully saturated rings. The molecule has 36 heavy (non-hydrogen) atoms. The van der Waals surface area contributed by atoms with Crippen molar-refractivity contribution in [2.75, 3.05) is 13.1 Å². The van der Waals surface area contributed by atoms with Gasteiger partial charge in [-0.15, -0.1) is 0 Å². The second-order valence-electron chi connectivity index (χ2n) is 9.97. The summed E-state index contributed by atoms with van der Waals surface area (Å²) < 4.78 is 14.5. The highest BCUT2D eigenvalue weighted by molar-refractivity contribution is 9.10. The molecule has 1 aliphatic rings. The van der Waals surface area contributed by atoms with Gasteiger partial charge in [0.1, 0.15) is 22.8 Å². The van der Waals surface area contributed by atoms with Crippen LogP contribution >= 0.6 is 15.9 Å². The Morgan fingerprint density at radius 1 is 1.03 bits per heavy atom. The Bertz CT molecular complexity index is 1360. The van der Waals surface area contributed by atoms with Gasteiger partial charge in [-0.1, -0.05) is 18.2 Å². The lowest BCUT2D eigenvalue weighted by atomic mass is 10.1. The summed E-state index contributed by atoms with van der Waals surface area (Å²) in [6.07, 6.45) is 5.17. The standard InChI is InChI=1S/C28H29BrN4O3/c1-28(2,3)36-27(34)32-15-7-8-20(18-32)33-26-23(16-30-17-24(26)29)25(31-33)19-11-13-22(14-12-19)35-21-9-5-4-6-10-21/h4-6,9-14,16-17,20H,7-8,15,18H2,1-3H3/t20-/m1/s1. The number of piperidine rings is 1. The topological polar surface area (TPSA) is 69.5 Å². The Hall–Kier alpha value is -3.39. The van der Waals surface area contributed by atoms with E-state index in [2.05, 4.69) is 20.9 Å². The Kier molecular flexibility index (Phi) is 6.71. The van der Waals surface area contributed by atoms with Crippen LogP contribution < -0.4 is 4.74 Å². The molecule has 0 bridgehead atoms. The third kappa shape index (κ3) is 5.23. The molecular formula is C28H29BrN4O3. The van der Waals surface area contributed by atoms with Gasteiger partial charge >= 0.3 is 6.09 Å². The number of benzene rings is 2. The van der Waals surface area contributed by atoms with E-state index in [4.69, 9.17) is 14.6 Å². The summed E-state index contributed by atoms with van der Waals surface area (Å²) in [5, 5.41) is 6.01. The zero-order valence-corrected chi connectivity index (χ0v) is 22.2. The number of fused-ring (bicyclic) bond motifs is 1. The van der Waals surface area contributed by atoms with Crippen LogP contribution in [0.3, 0.4) is 0 Å². The first-order chi connectivity index (χ1) is 17.3. The number of hydrogen-bond donors (Lipinski definition) is 0. The molecule has 4 aromatic rings. The van der Waals surface area contributed by atoms with Gasteiger partial charge in [0.15, 0.2) is 0 Å². The summed E-state index contributed by atoms with van der Waals surface area (Å²) in [6, 6.07) is 17.7. The number of aromatic nitrogens is 3. The largest absolute Gasteiger partial charge is 0.457 e. The van der Waals surface area contributed by atoms with Crippen LogP contribution in [0.15, 0.2) is 71.5 Å². The second kappa shape index (κ2) is 9.93. The lowest BCUT2D eigenvalue weighted by Crippen LogP contribution is -2.43. The fourth-order valence-electron chi connectivity index (χ4n) is 4.48. The fourth-order valence-corrected chi connectivity index (χ4v) is 4.99. The van der Waals surface area contributed by atoms with Crippen molar-refractivity contribution in [1.82, 2.24) is 19.7 Å². The number of carbonyl (C=O) groups excluding carboxylic acids is 1.